The van der Waals surface area contributed by atoms with Gasteiger partial charge in [0, 0.05) is 42.3 Å². The lowest BCUT2D eigenvalue weighted by molar-refractivity contribution is 0.442. The highest BCUT2D eigenvalue weighted by molar-refractivity contribution is 7.88. The molecule has 1 fully saturated rings. The van der Waals surface area contributed by atoms with Gasteiger partial charge in [-0.3, -0.25) is 4.98 Å². The normalized spacial score (nSPS) is 20.2. The van der Waals surface area contributed by atoms with E-state index in [2.05, 4.69) is 26.5 Å². The molecular formula is C19H27N5O2S. The van der Waals surface area contributed by atoms with Gasteiger partial charge in [-0.1, -0.05) is 13.3 Å². The summed E-state index contributed by atoms with van der Waals surface area (Å²) in [6.45, 7) is 7.38. The third-order valence-electron chi connectivity index (χ3n) is 4.89. The average Bonchev–Trinajstić information content (AvgIpc) is 2.96. The van der Waals surface area contributed by atoms with Crippen molar-refractivity contribution in [2.75, 3.05) is 24.2 Å². The number of sulfonamides is 1. The molecule has 1 saturated heterocycles. The zero-order valence-corrected chi connectivity index (χ0v) is 17.1. The Morgan fingerprint density at radius 3 is 2.63 bits per heavy atom. The number of nitrogens with zero attached hydrogens (tertiary/aromatic N) is 4. The van der Waals surface area contributed by atoms with Crippen molar-refractivity contribution in [3.8, 4) is 11.3 Å². The molecule has 2 atom stereocenters. The summed E-state index contributed by atoms with van der Waals surface area (Å²) in [5, 5.41) is 0. The molecule has 1 aliphatic heterocycles. The summed E-state index contributed by atoms with van der Waals surface area (Å²) in [7, 11) is -3.25. The number of aryl methyl sites for hydroxylation is 2. The van der Waals surface area contributed by atoms with Crippen LogP contribution in [0.1, 0.15) is 31.2 Å². The molecule has 0 spiro atoms. The van der Waals surface area contributed by atoms with E-state index in [1.54, 1.807) is 6.20 Å². The Labute approximate surface area is 161 Å². The molecule has 7 nitrogen and oxygen atoms in total. The lowest BCUT2D eigenvalue weighted by Gasteiger charge is -2.17. The fourth-order valence-electron chi connectivity index (χ4n) is 3.71. The Bertz CT molecular complexity index is 916. The van der Waals surface area contributed by atoms with Crippen molar-refractivity contribution in [1.82, 2.24) is 19.7 Å². The predicted molar refractivity (Wildman–Crippen MR) is 107 cm³/mol. The Morgan fingerprint density at radius 2 is 1.96 bits per heavy atom. The fraction of sp³-hybridized carbons (Fsp3) is 0.526. The molecule has 0 unspecified atom stereocenters. The van der Waals surface area contributed by atoms with E-state index in [0.29, 0.717) is 12.5 Å². The molecule has 2 aromatic heterocycles. The predicted octanol–water partition coefficient (Wildman–Crippen LogP) is 2.31. The van der Waals surface area contributed by atoms with Crippen LogP contribution in [0.25, 0.3) is 11.3 Å². The summed E-state index contributed by atoms with van der Waals surface area (Å²) in [4.78, 5) is 15.8. The van der Waals surface area contributed by atoms with E-state index in [9.17, 15) is 8.42 Å². The molecule has 1 N–H and O–H groups in total. The molecular weight excluding hydrogens is 362 g/mol. The van der Waals surface area contributed by atoms with Crippen LogP contribution in [0.2, 0.25) is 0 Å². The Kier molecular flexibility index (Phi) is 5.76. The monoisotopic (exact) mass is 389 g/mol. The first-order valence-corrected chi connectivity index (χ1v) is 11.2. The topological polar surface area (TPSA) is 88.1 Å². The van der Waals surface area contributed by atoms with Gasteiger partial charge in [-0.25, -0.2) is 23.1 Å². The molecule has 0 saturated carbocycles. The second kappa shape index (κ2) is 7.90. The number of rotatable bonds is 6. The molecule has 0 radical (unpaired) electrons. The quantitative estimate of drug-likeness (QED) is 0.816. The van der Waals surface area contributed by atoms with Crippen molar-refractivity contribution in [3.63, 3.8) is 0 Å². The fourth-order valence-corrected chi connectivity index (χ4v) is 4.53. The maximum Gasteiger partial charge on any atom is 0.225 e. The van der Waals surface area contributed by atoms with E-state index >= 15 is 0 Å². The second-order valence-corrected chi connectivity index (χ2v) is 9.06. The zero-order valence-electron chi connectivity index (χ0n) is 16.3. The van der Waals surface area contributed by atoms with Crippen LogP contribution in [0.3, 0.4) is 0 Å². The Hall–Kier alpha value is -2.06. The minimum Gasteiger partial charge on any atom is -0.339 e. The second-order valence-electron chi connectivity index (χ2n) is 7.28. The minimum atomic E-state index is -3.25. The van der Waals surface area contributed by atoms with Gasteiger partial charge in [-0.05, 0) is 44.4 Å². The summed E-state index contributed by atoms with van der Waals surface area (Å²) < 4.78 is 26.2. The van der Waals surface area contributed by atoms with Crippen LogP contribution in [0.5, 0.6) is 0 Å². The van der Waals surface area contributed by atoms with Crippen LogP contribution in [0.4, 0.5) is 5.95 Å². The molecule has 146 valence electrons. The van der Waals surface area contributed by atoms with Gasteiger partial charge in [0.15, 0.2) is 0 Å². The van der Waals surface area contributed by atoms with Gasteiger partial charge in [0.05, 0.1) is 11.9 Å². The number of anilines is 1. The van der Waals surface area contributed by atoms with E-state index in [0.717, 1.165) is 42.0 Å². The van der Waals surface area contributed by atoms with Crippen LogP contribution in [0.15, 0.2) is 24.4 Å². The standard InChI is InChI=1S/C19H27N5O2S/c1-5-6-15-11-24(12-18(15)23-27(4,25)26)19-20-10-9-17(22-19)16-8-7-13(2)21-14(16)3/h7-10,15,18,23H,5-6,11-12H2,1-4H3/t15-,18-/m1/s1. The Morgan fingerprint density at radius 1 is 1.19 bits per heavy atom. The van der Waals surface area contributed by atoms with Gasteiger partial charge in [0.25, 0.3) is 0 Å². The van der Waals surface area contributed by atoms with Gasteiger partial charge in [0.2, 0.25) is 16.0 Å². The highest BCUT2D eigenvalue weighted by Crippen LogP contribution is 2.27. The molecule has 0 aromatic carbocycles. The highest BCUT2D eigenvalue weighted by Gasteiger charge is 2.35. The molecule has 3 rings (SSSR count). The average molecular weight is 390 g/mol. The van der Waals surface area contributed by atoms with E-state index in [4.69, 9.17) is 4.98 Å². The number of nitrogens with one attached hydrogen (secondary N) is 1. The van der Waals surface area contributed by atoms with Gasteiger partial charge in [-0.2, -0.15) is 0 Å². The van der Waals surface area contributed by atoms with Crippen LogP contribution >= 0.6 is 0 Å². The van der Waals surface area contributed by atoms with Crippen molar-refractivity contribution in [3.05, 3.63) is 35.8 Å². The summed E-state index contributed by atoms with van der Waals surface area (Å²) in [6, 6.07) is 5.77. The molecule has 3 heterocycles. The largest absolute Gasteiger partial charge is 0.339 e. The van der Waals surface area contributed by atoms with Crippen LogP contribution < -0.4 is 9.62 Å². The van der Waals surface area contributed by atoms with Crippen molar-refractivity contribution in [1.29, 1.82) is 0 Å². The first-order valence-electron chi connectivity index (χ1n) is 9.26. The van der Waals surface area contributed by atoms with E-state index < -0.39 is 10.0 Å². The first-order chi connectivity index (χ1) is 12.8. The van der Waals surface area contributed by atoms with Crippen molar-refractivity contribution < 1.29 is 8.42 Å². The maximum absolute atomic E-state index is 11.7. The zero-order chi connectivity index (χ0) is 19.6. The van der Waals surface area contributed by atoms with Gasteiger partial charge in [0.1, 0.15) is 0 Å². The number of hydrogen-bond donors (Lipinski definition) is 1. The SMILES string of the molecule is CCC[C@@H]1CN(c2nccc(-c3ccc(C)nc3C)n2)C[C@H]1NS(C)(=O)=O. The molecule has 27 heavy (non-hydrogen) atoms. The van der Waals surface area contributed by atoms with Gasteiger partial charge < -0.3 is 4.90 Å². The highest BCUT2D eigenvalue weighted by atomic mass is 32.2. The molecule has 0 bridgehead atoms. The van der Waals surface area contributed by atoms with Crippen LogP contribution in [-0.4, -0.2) is 48.8 Å². The summed E-state index contributed by atoms with van der Waals surface area (Å²) >= 11 is 0. The Balaban J connectivity index is 1.86. The third-order valence-corrected chi connectivity index (χ3v) is 5.62. The lowest BCUT2D eigenvalue weighted by atomic mass is 9.99. The molecule has 2 aromatic rings. The summed E-state index contributed by atoms with van der Waals surface area (Å²) in [6.07, 6.45) is 4.94. The first kappa shape index (κ1) is 19.7. The van der Waals surface area contributed by atoms with E-state index in [1.165, 1.54) is 6.26 Å². The molecule has 0 amide bonds. The molecule has 1 aliphatic rings. The lowest BCUT2D eigenvalue weighted by Crippen LogP contribution is -2.40. The molecule has 0 aliphatic carbocycles. The van der Waals surface area contributed by atoms with Crippen molar-refractivity contribution in [2.24, 2.45) is 5.92 Å². The van der Waals surface area contributed by atoms with E-state index in [1.807, 2.05) is 32.0 Å². The van der Waals surface area contributed by atoms with Crippen molar-refractivity contribution in [2.45, 2.75) is 39.7 Å². The molecule has 8 heteroatoms. The number of pyridine rings is 1. The smallest absolute Gasteiger partial charge is 0.225 e. The van der Waals surface area contributed by atoms with Crippen LogP contribution in [0, 0.1) is 19.8 Å². The summed E-state index contributed by atoms with van der Waals surface area (Å²) in [5.41, 5.74) is 3.72. The van der Waals surface area contributed by atoms with E-state index in [-0.39, 0.29) is 12.0 Å². The van der Waals surface area contributed by atoms with Gasteiger partial charge in [-0.15, -0.1) is 0 Å². The maximum atomic E-state index is 11.7. The third kappa shape index (κ3) is 4.81. The van der Waals surface area contributed by atoms with Crippen molar-refractivity contribution >= 4 is 16.0 Å². The summed E-state index contributed by atoms with van der Waals surface area (Å²) in [5.74, 6) is 0.881. The minimum absolute atomic E-state index is 0.116. The number of aromatic nitrogens is 3. The van der Waals surface area contributed by atoms with Gasteiger partial charge >= 0.3 is 0 Å². The van der Waals surface area contributed by atoms with Crippen LogP contribution in [-0.2, 0) is 10.0 Å². The number of hydrogen-bond acceptors (Lipinski definition) is 6.